The maximum Gasteiger partial charge on any atom is 0.271 e. The highest BCUT2D eigenvalue weighted by Crippen LogP contribution is 2.30. The normalized spacial score (nSPS) is 15.6. The van der Waals surface area contributed by atoms with Crippen molar-refractivity contribution in [2.45, 2.75) is 26.2 Å². The molecule has 1 aliphatic rings. The first-order valence-corrected chi connectivity index (χ1v) is 11.5. The second kappa shape index (κ2) is 10.4. The maximum atomic E-state index is 13.0. The number of carbonyl (C=O) groups is 1. The fourth-order valence-electron chi connectivity index (χ4n) is 4.19. The molecule has 0 spiro atoms. The number of aryl methyl sites for hydroxylation is 1. The van der Waals surface area contributed by atoms with E-state index in [1.807, 2.05) is 24.3 Å². The van der Waals surface area contributed by atoms with Gasteiger partial charge in [0.15, 0.2) is 11.5 Å². The van der Waals surface area contributed by atoms with Crippen molar-refractivity contribution in [3.05, 3.63) is 70.5 Å². The van der Waals surface area contributed by atoms with Crippen LogP contribution in [0.5, 0.6) is 11.5 Å². The quantitative estimate of drug-likeness (QED) is 0.577. The monoisotopic (exact) mass is 462 g/mol. The molecular weight excluding hydrogens is 432 g/mol. The first kappa shape index (κ1) is 23.4. The number of hydrogen-bond acceptors (Lipinski definition) is 6. The Bertz CT molecular complexity index is 1210. The fraction of sp³-hybridized carbons (Fsp3) is 0.346. The van der Waals surface area contributed by atoms with Crippen LogP contribution in [-0.2, 0) is 11.2 Å². The molecule has 1 saturated heterocycles. The lowest BCUT2D eigenvalue weighted by Gasteiger charge is -2.33. The third-order valence-corrected chi connectivity index (χ3v) is 6.14. The van der Waals surface area contributed by atoms with E-state index in [0.29, 0.717) is 29.5 Å². The number of methoxy groups -OCH3 is 2. The second-order valence-corrected chi connectivity index (χ2v) is 8.31. The minimum Gasteiger partial charge on any atom is -0.493 e. The number of rotatable bonds is 7. The number of carbonyl (C=O) groups excluding carboxylic acids is 1. The number of benzene rings is 2. The molecule has 8 heteroatoms. The molecule has 3 aromatic rings. The summed E-state index contributed by atoms with van der Waals surface area (Å²) in [6.07, 6.45) is 2.58. The molecule has 0 saturated carbocycles. The highest BCUT2D eigenvalue weighted by atomic mass is 16.5. The van der Waals surface area contributed by atoms with Gasteiger partial charge in [0.25, 0.3) is 5.56 Å². The van der Waals surface area contributed by atoms with Crippen LogP contribution < -0.4 is 25.2 Å². The predicted octanol–water partition coefficient (Wildman–Crippen LogP) is 3.67. The molecule has 8 nitrogen and oxygen atoms in total. The summed E-state index contributed by atoms with van der Waals surface area (Å²) in [5.74, 6) is 1.59. The average molecular weight is 463 g/mol. The topological polar surface area (TPSA) is 85.7 Å². The van der Waals surface area contributed by atoms with E-state index >= 15 is 0 Å². The van der Waals surface area contributed by atoms with E-state index in [0.717, 1.165) is 31.5 Å². The highest BCUT2D eigenvalue weighted by Gasteiger charge is 2.27. The lowest BCUT2D eigenvalue weighted by Crippen LogP contribution is -2.41. The summed E-state index contributed by atoms with van der Waals surface area (Å²) in [4.78, 5) is 27.6. The molecule has 1 N–H and O–H groups in total. The van der Waals surface area contributed by atoms with Crippen molar-refractivity contribution in [3.8, 4) is 17.2 Å². The number of hydrogen-bond donors (Lipinski definition) is 1. The zero-order valence-electron chi connectivity index (χ0n) is 19.8. The van der Waals surface area contributed by atoms with Crippen molar-refractivity contribution in [2.75, 3.05) is 37.5 Å². The smallest absolute Gasteiger partial charge is 0.271 e. The minimum atomic E-state index is -0.201. The minimum absolute atomic E-state index is 0.0552. The van der Waals surface area contributed by atoms with Gasteiger partial charge in [-0.05, 0) is 55.2 Å². The number of amides is 1. The van der Waals surface area contributed by atoms with E-state index in [1.165, 1.54) is 16.3 Å². The summed E-state index contributed by atoms with van der Waals surface area (Å²) in [5.41, 5.74) is 2.39. The van der Waals surface area contributed by atoms with E-state index in [9.17, 15) is 9.59 Å². The number of piperidine rings is 1. The van der Waals surface area contributed by atoms with Gasteiger partial charge in [-0.15, -0.1) is 5.10 Å². The van der Waals surface area contributed by atoms with Gasteiger partial charge >= 0.3 is 0 Å². The van der Waals surface area contributed by atoms with E-state index in [4.69, 9.17) is 9.47 Å². The molecule has 0 unspecified atom stereocenters. The molecule has 34 heavy (non-hydrogen) atoms. The Hall–Kier alpha value is -3.81. The van der Waals surface area contributed by atoms with Crippen LogP contribution in [0.25, 0.3) is 5.69 Å². The summed E-state index contributed by atoms with van der Waals surface area (Å²) in [6.45, 7) is 3.40. The van der Waals surface area contributed by atoms with Crippen LogP contribution in [0.1, 0.15) is 25.3 Å². The van der Waals surface area contributed by atoms with Crippen molar-refractivity contribution >= 4 is 17.4 Å². The Morgan fingerprint density at radius 2 is 1.82 bits per heavy atom. The molecular formula is C26H30N4O4. The van der Waals surface area contributed by atoms with Crippen molar-refractivity contribution in [1.29, 1.82) is 0 Å². The van der Waals surface area contributed by atoms with Gasteiger partial charge in [-0.25, -0.2) is 0 Å². The molecule has 0 radical (unpaired) electrons. The molecule has 4 rings (SSSR count). The van der Waals surface area contributed by atoms with Crippen LogP contribution in [0.4, 0.5) is 11.5 Å². The largest absolute Gasteiger partial charge is 0.493 e. The van der Waals surface area contributed by atoms with E-state index < -0.39 is 0 Å². The standard InChI is InChI=1S/C26H30N4O4/c1-4-18-7-10-21(11-8-18)30-25(31)14-13-24(28-30)29-15-5-6-19(17-29)26(32)27-20-9-12-22(33-2)23(16-20)34-3/h7-14,16,19H,4-6,15,17H2,1-3H3,(H,27,32)/t19-/m0/s1. The molecule has 1 aliphatic heterocycles. The fourth-order valence-corrected chi connectivity index (χ4v) is 4.19. The van der Waals surface area contributed by atoms with Gasteiger partial charge in [0.1, 0.15) is 5.82 Å². The molecule has 2 heterocycles. The van der Waals surface area contributed by atoms with Crippen molar-refractivity contribution in [2.24, 2.45) is 5.92 Å². The molecule has 1 fully saturated rings. The molecule has 1 amide bonds. The summed E-state index contributed by atoms with van der Waals surface area (Å²) in [5, 5.41) is 7.60. The third kappa shape index (κ3) is 5.06. The lowest BCUT2D eigenvalue weighted by atomic mass is 9.97. The van der Waals surface area contributed by atoms with Crippen molar-refractivity contribution in [1.82, 2.24) is 9.78 Å². The zero-order chi connectivity index (χ0) is 24.1. The summed E-state index contributed by atoms with van der Waals surface area (Å²) in [7, 11) is 3.14. The van der Waals surface area contributed by atoms with Gasteiger partial charge in [0, 0.05) is 30.9 Å². The Labute approximate surface area is 199 Å². The zero-order valence-corrected chi connectivity index (χ0v) is 19.8. The van der Waals surface area contributed by atoms with E-state index in [-0.39, 0.29) is 17.4 Å². The summed E-state index contributed by atoms with van der Waals surface area (Å²) < 4.78 is 12.0. The maximum absolute atomic E-state index is 13.0. The molecule has 0 aliphatic carbocycles. The number of nitrogens with one attached hydrogen (secondary N) is 1. The molecule has 1 aromatic heterocycles. The average Bonchev–Trinajstić information content (AvgIpc) is 2.89. The number of anilines is 2. The molecule has 0 bridgehead atoms. The van der Waals surface area contributed by atoms with Crippen LogP contribution in [0.15, 0.2) is 59.4 Å². The second-order valence-electron chi connectivity index (χ2n) is 8.31. The Kier molecular flexibility index (Phi) is 7.15. The van der Waals surface area contributed by atoms with Gasteiger partial charge in [-0.3, -0.25) is 9.59 Å². The predicted molar refractivity (Wildman–Crippen MR) is 132 cm³/mol. The van der Waals surface area contributed by atoms with Crippen molar-refractivity contribution in [3.63, 3.8) is 0 Å². The van der Waals surface area contributed by atoms with Crippen LogP contribution in [0, 0.1) is 5.92 Å². The van der Waals surface area contributed by atoms with Crippen LogP contribution >= 0.6 is 0 Å². The van der Waals surface area contributed by atoms with Crippen LogP contribution in [-0.4, -0.2) is 43.0 Å². The molecule has 1 atom stereocenters. The van der Waals surface area contributed by atoms with Crippen LogP contribution in [0.3, 0.4) is 0 Å². The van der Waals surface area contributed by atoms with Gasteiger partial charge in [-0.2, -0.15) is 4.68 Å². The van der Waals surface area contributed by atoms with Gasteiger partial charge in [0.2, 0.25) is 5.91 Å². The number of ether oxygens (including phenoxy) is 2. The van der Waals surface area contributed by atoms with Crippen LogP contribution in [0.2, 0.25) is 0 Å². The Morgan fingerprint density at radius 3 is 2.53 bits per heavy atom. The Balaban J connectivity index is 1.49. The first-order chi connectivity index (χ1) is 16.5. The first-order valence-electron chi connectivity index (χ1n) is 11.5. The van der Waals surface area contributed by atoms with E-state index in [2.05, 4.69) is 22.2 Å². The highest BCUT2D eigenvalue weighted by molar-refractivity contribution is 5.93. The molecule has 178 valence electrons. The van der Waals surface area contributed by atoms with Gasteiger partial charge in [-0.1, -0.05) is 19.1 Å². The molecule has 2 aromatic carbocycles. The summed E-state index contributed by atoms with van der Waals surface area (Å²) in [6, 6.07) is 16.4. The van der Waals surface area contributed by atoms with Gasteiger partial charge < -0.3 is 19.7 Å². The third-order valence-electron chi connectivity index (χ3n) is 6.14. The summed E-state index contributed by atoms with van der Waals surface area (Å²) >= 11 is 0. The van der Waals surface area contributed by atoms with Crippen molar-refractivity contribution < 1.29 is 14.3 Å². The number of nitrogens with zero attached hydrogens (tertiary/aromatic N) is 3. The number of aromatic nitrogens is 2. The van der Waals surface area contributed by atoms with E-state index in [1.54, 1.807) is 38.5 Å². The SMILES string of the molecule is CCc1ccc(-n2nc(N3CCC[C@H](C(=O)Nc4ccc(OC)c(OC)c4)C3)ccc2=O)cc1. The Morgan fingerprint density at radius 1 is 1.06 bits per heavy atom. The van der Waals surface area contributed by atoms with Gasteiger partial charge in [0.05, 0.1) is 25.8 Å². The lowest BCUT2D eigenvalue weighted by molar-refractivity contribution is -0.120.